The first-order chi connectivity index (χ1) is 3.81. The first kappa shape index (κ1) is 8.80. The van der Waals surface area contributed by atoms with Crippen LogP contribution in [0.25, 0.3) is 0 Å². The quantitative estimate of drug-likeness (QED) is 0.265. The molecule has 5 heteroatoms. The van der Waals surface area contributed by atoms with Crippen molar-refractivity contribution in [3.8, 4) is 0 Å². The van der Waals surface area contributed by atoms with Crippen molar-refractivity contribution in [2.75, 3.05) is 7.05 Å². The first-order valence-electron chi connectivity index (χ1n) is 2.65. The van der Waals surface area contributed by atoms with Gasteiger partial charge in [0.2, 0.25) is 0 Å². The molecule has 0 rings (SSSR count). The third-order valence-corrected chi connectivity index (χ3v) is 1.31. The Morgan fingerprint density at radius 2 is 1.44 bits per heavy atom. The fourth-order valence-corrected chi connectivity index (χ4v) is 0.269. The van der Waals surface area contributed by atoms with E-state index >= 15 is 0 Å². The summed E-state index contributed by atoms with van der Waals surface area (Å²) in [5, 5.41) is 2.59. The van der Waals surface area contributed by atoms with Crippen LogP contribution in [0.15, 0.2) is 0 Å². The van der Waals surface area contributed by atoms with Crippen molar-refractivity contribution >= 4 is 0 Å². The highest BCUT2D eigenvalue weighted by Gasteiger charge is 2.33. The van der Waals surface area contributed by atoms with Gasteiger partial charge >= 0.3 is 0 Å². The van der Waals surface area contributed by atoms with Crippen molar-refractivity contribution in [3.63, 3.8) is 0 Å². The van der Waals surface area contributed by atoms with E-state index in [1.54, 1.807) is 14.0 Å². The maximum Gasteiger partial charge on any atom is 0.150 e. The van der Waals surface area contributed by atoms with Crippen LogP contribution in [0.5, 0.6) is 0 Å². The van der Waals surface area contributed by atoms with Gasteiger partial charge in [-0.25, -0.2) is 0 Å². The van der Waals surface area contributed by atoms with Crippen LogP contribution in [-0.2, 0) is 0 Å². The highest BCUT2D eigenvalue weighted by Crippen LogP contribution is 1.97. The van der Waals surface area contributed by atoms with Gasteiger partial charge in [0.15, 0.2) is 0 Å². The molecule has 0 saturated heterocycles. The van der Waals surface area contributed by atoms with Gasteiger partial charge in [0, 0.05) is 0 Å². The molecule has 0 saturated carbocycles. The van der Waals surface area contributed by atoms with Crippen molar-refractivity contribution in [1.82, 2.24) is 5.32 Å². The smallest absolute Gasteiger partial charge is 0.150 e. The standard InChI is InChI=1S/C4H15N5/c1-3(5,6)4(7,8)9-2/h9H,5-8H2,1-2H3. The Morgan fingerprint density at radius 3 is 1.44 bits per heavy atom. The second-order valence-electron chi connectivity index (χ2n) is 2.40. The Balaban J connectivity index is 4.14. The molecule has 9 heavy (non-hydrogen) atoms. The fourth-order valence-electron chi connectivity index (χ4n) is 0.269. The zero-order valence-electron chi connectivity index (χ0n) is 5.81. The lowest BCUT2D eigenvalue weighted by Crippen LogP contribution is -2.80. The highest BCUT2D eigenvalue weighted by molar-refractivity contribution is 4.92. The molecular formula is C4H15N5. The molecule has 0 fully saturated rings. The molecule has 5 nitrogen and oxygen atoms in total. The van der Waals surface area contributed by atoms with Gasteiger partial charge in [0.1, 0.15) is 11.4 Å². The van der Waals surface area contributed by atoms with E-state index in [0.29, 0.717) is 0 Å². The average molecular weight is 133 g/mol. The van der Waals surface area contributed by atoms with E-state index in [4.69, 9.17) is 22.9 Å². The highest BCUT2D eigenvalue weighted by atomic mass is 15.3. The molecule has 56 valence electrons. The van der Waals surface area contributed by atoms with Crippen LogP contribution in [0.1, 0.15) is 6.92 Å². The van der Waals surface area contributed by atoms with E-state index in [-0.39, 0.29) is 0 Å². The Hall–Kier alpha value is -0.200. The first-order valence-corrected chi connectivity index (χ1v) is 2.65. The Morgan fingerprint density at radius 1 is 1.11 bits per heavy atom. The number of nitrogens with two attached hydrogens (primary N) is 4. The number of nitrogens with one attached hydrogen (secondary N) is 1. The van der Waals surface area contributed by atoms with E-state index in [0.717, 1.165) is 0 Å². The molecule has 0 radical (unpaired) electrons. The van der Waals surface area contributed by atoms with Gasteiger partial charge in [-0.1, -0.05) is 0 Å². The van der Waals surface area contributed by atoms with Crippen LogP contribution >= 0.6 is 0 Å². The molecule has 0 heterocycles. The molecule has 0 spiro atoms. The second kappa shape index (κ2) is 2.20. The summed E-state index contributed by atoms with van der Waals surface area (Å²) in [4.78, 5) is 0. The SMILES string of the molecule is CNC(N)(N)C(C)(N)N. The molecule has 0 aromatic rings. The monoisotopic (exact) mass is 133 g/mol. The van der Waals surface area contributed by atoms with Crippen molar-refractivity contribution in [1.29, 1.82) is 0 Å². The van der Waals surface area contributed by atoms with Crippen molar-refractivity contribution in [2.45, 2.75) is 18.4 Å². The van der Waals surface area contributed by atoms with Gasteiger partial charge in [-0.2, -0.15) is 0 Å². The van der Waals surface area contributed by atoms with E-state index in [1.165, 1.54) is 0 Å². The van der Waals surface area contributed by atoms with Gasteiger partial charge in [0.25, 0.3) is 0 Å². The summed E-state index contributed by atoms with van der Waals surface area (Å²) >= 11 is 0. The molecule has 9 N–H and O–H groups in total. The predicted octanol–water partition coefficient (Wildman–Crippen LogP) is -2.59. The van der Waals surface area contributed by atoms with E-state index in [2.05, 4.69) is 5.32 Å². The van der Waals surface area contributed by atoms with Crippen LogP contribution < -0.4 is 28.3 Å². The lowest BCUT2D eigenvalue weighted by Gasteiger charge is -2.36. The average Bonchev–Trinajstić information content (AvgIpc) is 1.64. The molecule has 0 amide bonds. The molecule has 0 unspecified atom stereocenters. The lowest BCUT2D eigenvalue weighted by atomic mass is 10.1. The molecule has 0 bridgehead atoms. The molecule has 0 aliphatic carbocycles. The van der Waals surface area contributed by atoms with Crippen LogP contribution in [0, 0.1) is 0 Å². The fraction of sp³-hybridized carbons (Fsp3) is 1.00. The summed E-state index contributed by atoms with van der Waals surface area (Å²) in [6.45, 7) is 1.55. The van der Waals surface area contributed by atoms with E-state index in [1.807, 2.05) is 0 Å². The number of hydrogen-bond acceptors (Lipinski definition) is 5. The Kier molecular flexibility index (Phi) is 2.15. The predicted molar refractivity (Wildman–Crippen MR) is 36.9 cm³/mol. The van der Waals surface area contributed by atoms with Gasteiger partial charge in [-0.05, 0) is 14.0 Å². The van der Waals surface area contributed by atoms with Crippen molar-refractivity contribution in [2.24, 2.45) is 22.9 Å². The summed E-state index contributed by atoms with van der Waals surface area (Å²) in [5.41, 5.74) is 20.5. The van der Waals surface area contributed by atoms with Gasteiger partial charge < -0.3 is 11.5 Å². The summed E-state index contributed by atoms with van der Waals surface area (Å²) in [6, 6.07) is 0. The topological polar surface area (TPSA) is 116 Å². The molecular weight excluding hydrogens is 118 g/mol. The molecule has 0 aromatic heterocycles. The van der Waals surface area contributed by atoms with Crippen molar-refractivity contribution < 1.29 is 0 Å². The van der Waals surface area contributed by atoms with Crippen LogP contribution in [-0.4, -0.2) is 18.5 Å². The summed E-state index contributed by atoms with van der Waals surface area (Å²) in [6.07, 6.45) is 0. The zero-order chi connectivity index (χ0) is 7.71. The third kappa shape index (κ3) is 1.88. The number of rotatable bonds is 2. The normalized spacial score (nSPS) is 14.0. The van der Waals surface area contributed by atoms with E-state index in [9.17, 15) is 0 Å². The van der Waals surface area contributed by atoms with E-state index < -0.39 is 11.4 Å². The number of hydrogen-bond donors (Lipinski definition) is 5. The molecule has 0 aromatic carbocycles. The Labute approximate surface area is 54.7 Å². The zero-order valence-corrected chi connectivity index (χ0v) is 5.81. The maximum atomic E-state index is 5.41. The summed E-state index contributed by atoms with van der Waals surface area (Å²) in [7, 11) is 1.60. The van der Waals surface area contributed by atoms with Gasteiger partial charge in [0.05, 0.1) is 0 Å². The minimum Gasteiger partial charge on any atom is -0.310 e. The maximum absolute atomic E-state index is 5.41. The summed E-state index contributed by atoms with van der Waals surface area (Å²) in [5.74, 6) is -1.22. The van der Waals surface area contributed by atoms with Crippen molar-refractivity contribution in [3.05, 3.63) is 0 Å². The van der Waals surface area contributed by atoms with Gasteiger partial charge in [-0.15, -0.1) is 0 Å². The minimum absolute atomic E-state index is 1.11. The molecule has 0 aliphatic heterocycles. The minimum atomic E-state index is -1.22. The Bertz CT molecular complexity index is 91.6. The van der Waals surface area contributed by atoms with Gasteiger partial charge in [-0.3, -0.25) is 16.8 Å². The lowest BCUT2D eigenvalue weighted by molar-refractivity contribution is 0.214. The van der Waals surface area contributed by atoms with Crippen LogP contribution in [0.4, 0.5) is 0 Å². The molecule has 0 atom stereocenters. The number of likely N-dealkylation sites (N-methyl/N-ethyl adjacent to an activating group) is 1. The summed E-state index contributed by atoms with van der Waals surface area (Å²) < 4.78 is 0. The second-order valence-corrected chi connectivity index (χ2v) is 2.40. The largest absolute Gasteiger partial charge is 0.310 e. The third-order valence-electron chi connectivity index (χ3n) is 1.31. The van der Waals surface area contributed by atoms with Crippen LogP contribution in [0.2, 0.25) is 0 Å². The van der Waals surface area contributed by atoms with Crippen LogP contribution in [0.3, 0.4) is 0 Å². The molecule has 0 aliphatic rings.